The summed E-state index contributed by atoms with van der Waals surface area (Å²) < 4.78 is 28.2. The van der Waals surface area contributed by atoms with E-state index in [1.165, 1.54) is 0 Å². The van der Waals surface area contributed by atoms with E-state index in [0.717, 1.165) is 18.4 Å². The van der Waals surface area contributed by atoms with Crippen molar-refractivity contribution in [2.45, 2.75) is 67.1 Å². The van der Waals surface area contributed by atoms with Gasteiger partial charge in [0.1, 0.15) is 4.75 Å². The Morgan fingerprint density at radius 3 is 2.27 bits per heavy atom. The number of nitrogens with one attached hydrogen (secondary N) is 1. The van der Waals surface area contributed by atoms with E-state index in [4.69, 9.17) is 23.2 Å². The van der Waals surface area contributed by atoms with Crippen molar-refractivity contribution in [1.29, 1.82) is 0 Å². The van der Waals surface area contributed by atoms with Crippen LogP contribution in [0.15, 0.2) is 83.8 Å². The van der Waals surface area contributed by atoms with Crippen molar-refractivity contribution in [3.05, 3.63) is 100 Å². The van der Waals surface area contributed by atoms with Crippen LogP contribution in [0.2, 0.25) is 10.0 Å². The van der Waals surface area contributed by atoms with Crippen molar-refractivity contribution >= 4 is 44.9 Å². The molecule has 0 aromatic heterocycles. The number of carbonyl (C=O) groups is 2. The molecular formula is C32H33Cl2NO5S. The summed E-state index contributed by atoms with van der Waals surface area (Å²) in [5.74, 6) is -1.93. The van der Waals surface area contributed by atoms with E-state index in [-0.39, 0.29) is 41.9 Å². The maximum Gasteiger partial charge on any atom is 0.304 e. The number of carboxylic acids is 1. The zero-order chi connectivity index (χ0) is 29.4. The fourth-order valence-electron chi connectivity index (χ4n) is 6.65. The third kappa shape index (κ3) is 5.52. The molecule has 2 aliphatic rings. The number of hydrogen-bond donors (Lipinski definition) is 2. The molecule has 1 saturated heterocycles. The zero-order valence-electron chi connectivity index (χ0n) is 22.7. The Kier molecular flexibility index (Phi) is 8.25. The molecule has 1 saturated carbocycles. The number of benzene rings is 3. The van der Waals surface area contributed by atoms with Crippen LogP contribution >= 0.6 is 23.2 Å². The second-order valence-electron chi connectivity index (χ2n) is 11.3. The predicted molar refractivity (Wildman–Crippen MR) is 160 cm³/mol. The summed E-state index contributed by atoms with van der Waals surface area (Å²) >= 11 is 12.6. The average molecular weight is 615 g/mol. The number of carbonyl (C=O) groups excluding carboxylic acids is 1. The molecule has 1 amide bonds. The van der Waals surface area contributed by atoms with E-state index in [0.29, 0.717) is 22.0 Å². The van der Waals surface area contributed by atoms with Gasteiger partial charge in [-0.1, -0.05) is 72.6 Å². The van der Waals surface area contributed by atoms with Gasteiger partial charge in [0, 0.05) is 22.0 Å². The minimum Gasteiger partial charge on any atom is -0.481 e. The molecule has 0 unspecified atom stereocenters. The highest BCUT2D eigenvalue weighted by Gasteiger charge is 2.59. The number of sulfone groups is 1. The van der Waals surface area contributed by atoms with Crippen molar-refractivity contribution in [1.82, 2.24) is 5.32 Å². The maximum absolute atomic E-state index is 14.8. The van der Waals surface area contributed by atoms with Gasteiger partial charge in [0.2, 0.25) is 5.91 Å². The Morgan fingerprint density at radius 1 is 1.00 bits per heavy atom. The second-order valence-corrected chi connectivity index (χ2v) is 14.4. The highest BCUT2D eigenvalue weighted by atomic mass is 35.5. The lowest BCUT2D eigenvalue weighted by atomic mass is 9.65. The second kappa shape index (κ2) is 11.4. The summed E-state index contributed by atoms with van der Waals surface area (Å²) in [6.45, 7) is 1.82. The van der Waals surface area contributed by atoms with E-state index < -0.39 is 32.0 Å². The predicted octanol–water partition coefficient (Wildman–Crippen LogP) is 7.01. The van der Waals surface area contributed by atoms with Gasteiger partial charge in [-0.3, -0.25) is 9.59 Å². The molecule has 2 fully saturated rings. The van der Waals surface area contributed by atoms with Crippen molar-refractivity contribution in [3.63, 3.8) is 0 Å². The number of halogens is 2. The summed E-state index contributed by atoms with van der Waals surface area (Å²) in [6, 6.07) is 22.1. The fourth-order valence-corrected chi connectivity index (χ4v) is 9.43. The Hall–Kier alpha value is -2.87. The fraction of sp³-hybridized carbons (Fsp3) is 0.375. The quantitative estimate of drug-likeness (QED) is 0.256. The number of piperidine rings is 1. The molecule has 216 valence electrons. The van der Waals surface area contributed by atoms with Crippen LogP contribution in [0.3, 0.4) is 0 Å². The first-order chi connectivity index (χ1) is 19.5. The first-order valence-corrected chi connectivity index (χ1v) is 16.1. The van der Waals surface area contributed by atoms with E-state index in [1.54, 1.807) is 60.7 Å². The lowest BCUT2D eigenvalue weighted by Crippen LogP contribution is -2.57. The molecule has 0 spiro atoms. The highest BCUT2D eigenvalue weighted by molar-refractivity contribution is 7.92. The normalized spacial score (nSPS) is 24.3. The number of rotatable bonds is 10. The van der Waals surface area contributed by atoms with Gasteiger partial charge in [0.15, 0.2) is 9.84 Å². The molecule has 0 radical (unpaired) electrons. The van der Waals surface area contributed by atoms with Crippen LogP contribution in [0.25, 0.3) is 0 Å². The summed E-state index contributed by atoms with van der Waals surface area (Å²) in [4.78, 5) is 25.9. The Bertz CT molecular complexity index is 1540. The number of hydrogen-bond acceptors (Lipinski definition) is 4. The molecule has 5 rings (SSSR count). The van der Waals surface area contributed by atoms with Crippen LogP contribution in [0, 0.1) is 11.3 Å². The Balaban J connectivity index is 1.68. The minimum absolute atomic E-state index is 0.117. The molecule has 1 aliphatic carbocycles. The van der Waals surface area contributed by atoms with Gasteiger partial charge in [-0.15, -0.1) is 0 Å². The van der Waals surface area contributed by atoms with E-state index in [1.807, 2.05) is 25.1 Å². The molecule has 9 heteroatoms. The molecule has 2 N–H and O–H groups in total. The molecule has 1 aliphatic heterocycles. The molecule has 4 atom stereocenters. The maximum atomic E-state index is 14.8. The van der Waals surface area contributed by atoms with Crippen molar-refractivity contribution in [3.8, 4) is 0 Å². The molecule has 41 heavy (non-hydrogen) atoms. The van der Waals surface area contributed by atoms with Gasteiger partial charge in [0.25, 0.3) is 0 Å². The highest BCUT2D eigenvalue weighted by Crippen LogP contribution is 2.57. The third-order valence-electron chi connectivity index (χ3n) is 8.96. The lowest BCUT2D eigenvalue weighted by Gasteiger charge is -2.47. The first-order valence-electron chi connectivity index (χ1n) is 13.9. The van der Waals surface area contributed by atoms with Gasteiger partial charge >= 0.3 is 5.97 Å². The average Bonchev–Trinajstić information content (AvgIpc) is 3.80. The summed E-state index contributed by atoms with van der Waals surface area (Å²) in [6.07, 6.45) is 1.87. The van der Waals surface area contributed by atoms with Crippen LogP contribution in [-0.4, -0.2) is 31.4 Å². The van der Waals surface area contributed by atoms with Crippen molar-refractivity contribution in [2.24, 2.45) is 11.3 Å². The lowest BCUT2D eigenvalue weighted by molar-refractivity contribution is -0.148. The summed E-state index contributed by atoms with van der Waals surface area (Å²) in [7, 11) is -3.96. The molecule has 1 heterocycles. The largest absolute Gasteiger partial charge is 0.481 e. The van der Waals surface area contributed by atoms with Crippen LogP contribution in [0.4, 0.5) is 0 Å². The third-order valence-corrected chi connectivity index (χ3v) is 12.0. The van der Waals surface area contributed by atoms with E-state index in [9.17, 15) is 23.1 Å². The molecule has 6 nitrogen and oxygen atoms in total. The van der Waals surface area contributed by atoms with Gasteiger partial charge in [-0.25, -0.2) is 8.42 Å². The van der Waals surface area contributed by atoms with E-state index >= 15 is 0 Å². The molecule has 0 bridgehead atoms. The standard InChI is InChI=1S/C32H33Cl2NO5S/c1-2-31(20-29(36)37)18-27(21-7-6-8-25(34)17-21)28(35-30(31)38)19-32(22-11-12-22,23-13-15-24(33)16-14-23)41(39,40)26-9-4-3-5-10-26/h3-10,13-17,22,27-28H,2,11-12,18-20H2,1H3,(H,35,38)(H,36,37)/t27-,28+,31+,32+/m1/s1. The zero-order valence-corrected chi connectivity index (χ0v) is 25.1. The monoisotopic (exact) mass is 613 g/mol. The van der Waals surface area contributed by atoms with Crippen molar-refractivity contribution in [2.75, 3.05) is 0 Å². The Labute approximate surface area is 251 Å². The van der Waals surface area contributed by atoms with Crippen LogP contribution in [0.5, 0.6) is 0 Å². The Morgan fingerprint density at radius 2 is 1.68 bits per heavy atom. The summed E-state index contributed by atoms with van der Waals surface area (Å²) in [5.41, 5.74) is 0.338. The van der Waals surface area contributed by atoms with Gasteiger partial charge < -0.3 is 10.4 Å². The van der Waals surface area contributed by atoms with Gasteiger partial charge in [-0.2, -0.15) is 0 Å². The minimum atomic E-state index is -3.96. The number of carboxylic acid groups (broad SMARTS) is 1. The number of amides is 1. The van der Waals surface area contributed by atoms with Crippen molar-refractivity contribution < 1.29 is 23.1 Å². The van der Waals surface area contributed by atoms with Crippen LogP contribution in [0.1, 0.15) is 62.5 Å². The summed E-state index contributed by atoms with van der Waals surface area (Å²) in [5, 5.41) is 13.9. The van der Waals surface area contributed by atoms with Gasteiger partial charge in [0.05, 0.1) is 16.7 Å². The van der Waals surface area contributed by atoms with Gasteiger partial charge in [-0.05, 0) is 85.5 Å². The molecule has 3 aromatic rings. The van der Waals surface area contributed by atoms with Crippen LogP contribution < -0.4 is 5.32 Å². The SMILES string of the molecule is CC[C@@]1(CC(=O)O)C[C@H](c2cccc(Cl)c2)[C@H](C[C@@](c2ccc(Cl)cc2)(C2CC2)S(=O)(=O)c2ccccc2)NC1=O. The van der Waals surface area contributed by atoms with Crippen LogP contribution in [-0.2, 0) is 24.2 Å². The molecular weight excluding hydrogens is 581 g/mol. The first kappa shape index (κ1) is 29.6. The van der Waals surface area contributed by atoms with E-state index in [2.05, 4.69) is 5.32 Å². The topological polar surface area (TPSA) is 101 Å². The molecule has 3 aromatic carbocycles. The number of aliphatic carboxylic acids is 1. The smallest absolute Gasteiger partial charge is 0.304 e.